The van der Waals surface area contributed by atoms with Gasteiger partial charge in [0.15, 0.2) is 5.13 Å². The number of nitrogens with zero attached hydrogens (tertiary/aromatic N) is 1. The minimum Gasteiger partial charge on any atom is -0.497 e. The van der Waals surface area contributed by atoms with Crippen molar-refractivity contribution in [1.82, 2.24) is 4.98 Å². The lowest BCUT2D eigenvalue weighted by Gasteiger charge is -2.23. The van der Waals surface area contributed by atoms with Crippen molar-refractivity contribution in [3.63, 3.8) is 0 Å². The number of ether oxygens (including phenoxy) is 2. The van der Waals surface area contributed by atoms with Crippen molar-refractivity contribution in [3.8, 4) is 22.8 Å². The zero-order valence-electron chi connectivity index (χ0n) is 15.8. The molecule has 0 fully saturated rings. The standard InChI is InChI=1S/C21H22N2O3S/c1-21(2,14-8-6-5-7-9-14)19(24)23-20-22-17(13-27-20)16-12-15(25-3)10-11-18(16)26-4/h5-13H,1-4H3,(H,22,23,24). The summed E-state index contributed by atoms with van der Waals surface area (Å²) in [5, 5.41) is 5.37. The van der Waals surface area contributed by atoms with Crippen LogP contribution in [-0.2, 0) is 10.2 Å². The molecule has 6 heteroatoms. The SMILES string of the molecule is COc1ccc(OC)c(-c2csc(NC(=O)C(C)(C)c3ccccc3)n2)c1. The van der Waals surface area contributed by atoms with Gasteiger partial charge in [0.25, 0.3) is 0 Å². The summed E-state index contributed by atoms with van der Waals surface area (Å²) in [4.78, 5) is 17.4. The number of hydrogen-bond acceptors (Lipinski definition) is 5. The lowest BCUT2D eigenvalue weighted by Crippen LogP contribution is -2.34. The van der Waals surface area contributed by atoms with Gasteiger partial charge < -0.3 is 14.8 Å². The largest absolute Gasteiger partial charge is 0.497 e. The van der Waals surface area contributed by atoms with Crippen molar-refractivity contribution in [2.24, 2.45) is 0 Å². The number of thiazole rings is 1. The molecule has 27 heavy (non-hydrogen) atoms. The molecule has 1 amide bonds. The van der Waals surface area contributed by atoms with Crippen LogP contribution in [0, 0.1) is 0 Å². The van der Waals surface area contributed by atoms with Crippen LogP contribution in [0.3, 0.4) is 0 Å². The summed E-state index contributed by atoms with van der Waals surface area (Å²) in [7, 11) is 3.23. The van der Waals surface area contributed by atoms with Gasteiger partial charge in [-0.05, 0) is 37.6 Å². The maximum Gasteiger partial charge on any atom is 0.236 e. The van der Waals surface area contributed by atoms with Crippen LogP contribution in [0.4, 0.5) is 5.13 Å². The summed E-state index contributed by atoms with van der Waals surface area (Å²) in [5.74, 6) is 1.31. The first kappa shape index (κ1) is 18.9. The van der Waals surface area contributed by atoms with E-state index < -0.39 is 5.41 Å². The Balaban J connectivity index is 1.84. The van der Waals surface area contributed by atoms with Gasteiger partial charge in [-0.2, -0.15) is 0 Å². The predicted octanol–water partition coefficient (Wildman–Crippen LogP) is 4.74. The Morgan fingerprint density at radius 2 is 1.81 bits per heavy atom. The maximum absolute atomic E-state index is 12.8. The Morgan fingerprint density at radius 1 is 1.07 bits per heavy atom. The lowest BCUT2D eigenvalue weighted by molar-refractivity contribution is -0.120. The minimum atomic E-state index is -0.666. The average Bonchev–Trinajstić information content (AvgIpc) is 3.16. The van der Waals surface area contributed by atoms with Crippen LogP contribution in [0.1, 0.15) is 19.4 Å². The first-order chi connectivity index (χ1) is 13.0. The number of carbonyl (C=O) groups is 1. The molecule has 1 aromatic heterocycles. The minimum absolute atomic E-state index is 0.104. The smallest absolute Gasteiger partial charge is 0.236 e. The second kappa shape index (κ2) is 7.80. The number of hydrogen-bond donors (Lipinski definition) is 1. The zero-order chi connectivity index (χ0) is 19.4. The van der Waals surface area contributed by atoms with Crippen LogP contribution < -0.4 is 14.8 Å². The van der Waals surface area contributed by atoms with Gasteiger partial charge in [-0.25, -0.2) is 4.98 Å². The van der Waals surface area contributed by atoms with E-state index in [0.717, 1.165) is 22.6 Å². The second-order valence-corrected chi connectivity index (χ2v) is 7.41. The van der Waals surface area contributed by atoms with E-state index in [-0.39, 0.29) is 5.91 Å². The fraction of sp³-hybridized carbons (Fsp3) is 0.238. The Kier molecular flexibility index (Phi) is 5.46. The molecule has 0 saturated carbocycles. The van der Waals surface area contributed by atoms with Crippen molar-refractivity contribution >= 4 is 22.4 Å². The molecule has 0 spiro atoms. The molecule has 0 bridgehead atoms. The molecule has 1 heterocycles. The highest BCUT2D eigenvalue weighted by atomic mass is 32.1. The molecule has 0 unspecified atom stereocenters. The van der Waals surface area contributed by atoms with Gasteiger partial charge in [0.05, 0.1) is 25.3 Å². The Hall–Kier alpha value is -2.86. The number of amides is 1. The third-order valence-electron chi connectivity index (χ3n) is 4.47. The molecule has 0 atom stereocenters. The number of benzene rings is 2. The molecule has 3 rings (SSSR count). The molecule has 140 valence electrons. The molecule has 0 radical (unpaired) electrons. The third kappa shape index (κ3) is 3.95. The van der Waals surface area contributed by atoms with Gasteiger partial charge in [0.1, 0.15) is 11.5 Å². The van der Waals surface area contributed by atoms with Gasteiger partial charge in [0.2, 0.25) is 5.91 Å². The Labute approximate surface area is 163 Å². The first-order valence-corrected chi connectivity index (χ1v) is 9.38. The third-order valence-corrected chi connectivity index (χ3v) is 5.23. The van der Waals surface area contributed by atoms with Gasteiger partial charge in [0, 0.05) is 10.9 Å². The van der Waals surface area contributed by atoms with Gasteiger partial charge in [-0.15, -0.1) is 11.3 Å². The normalized spacial score (nSPS) is 11.1. The lowest BCUT2D eigenvalue weighted by atomic mass is 9.84. The highest BCUT2D eigenvalue weighted by Crippen LogP contribution is 2.35. The van der Waals surface area contributed by atoms with Crippen LogP contribution in [0.25, 0.3) is 11.3 Å². The fourth-order valence-electron chi connectivity index (χ4n) is 2.71. The Bertz CT molecular complexity index is 936. The summed E-state index contributed by atoms with van der Waals surface area (Å²) in [6, 6.07) is 15.2. The van der Waals surface area contributed by atoms with E-state index in [4.69, 9.17) is 9.47 Å². The van der Waals surface area contributed by atoms with E-state index >= 15 is 0 Å². The van der Waals surface area contributed by atoms with Crippen LogP contribution in [0.2, 0.25) is 0 Å². The summed E-state index contributed by atoms with van der Waals surface area (Å²) >= 11 is 1.38. The van der Waals surface area contributed by atoms with E-state index in [1.807, 2.05) is 67.8 Å². The van der Waals surface area contributed by atoms with Crippen molar-refractivity contribution in [2.75, 3.05) is 19.5 Å². The van der Waals surface area contributed by atoms with E-state index in [0.29, 0.717) is 10.9 Å². The van der Waals surface area contributed by atoms with Gasteiger partial charge >= 0.3 is 0 Å². The predicted molar refractivity (Wildman–Crippen MR) is 109 cm³/mol. The van der Waals surface area contributed by atoms with Gasteiger partial charge in [-0.1, -0.05) is 30.3 Å². The molecule has 0 aliphatic rings. The molecule has 0 aliphatic heterocycles. The summed E-state index contributed by atoms with van der Waals surface area (Å²) in [6.45, 7) is 3.80. The summed E-state index contributed by atoms with van der Waals surface area (Å²) in [5.41, 5.74) is 1.83. The molecule has 3 aromatic rings. The first-order valence-electron chi connectivity index (χ1n) is 8.50. The fourth-order valence-corrected chi connectivity index (χ4v) is 3.41. The van der Waals surface area contributed by atoms with Crippen LogP contribution >= 0.6 is 11.3 Å². The highest BCUT2D eigenvalue weighted by molar-refractivity contribution is 7.14. The van der Waals surface area contributed by atoms with E-state index in [9.17, 15) is 4.79 Å². The number of aromatic nitrogens is 1. The molecule has 1 N–H and O–H groups in total. The number of anilines is 1. The molecule has 2 aromatic carbocycles. The van der Waals surface area contributed by atoms with Crippen LogP contribution in [0.15, 0.2) is 53.9 Å². The topological polar surface area (TPSA) is 60.5 Å². The van der Waals surface area contributed by atoms with Crippen molar-refractivity contribution < 1.29 is 14.3 Å². The number of carbonyl (C=O) groups excluding carboxylic acids is 1. The van der Waals surface area contributed by atoms with Crippen molar-refractivity contribution in [2.45, 2.75) is 19.3 Å². The van der Waals surface area contributed by atoms with E-state index in [2.05, 4.69) is 10.3 Å². The van der Waals surface area contributed by atoms with E-state index in [1.54, 1.807) is 14.2 Å². The van der Waals surface area contributed by atoms with E-state index in [1.165, 1.54) is 11.3 Å². The average molecular weight is 382 g/mol. The Morgan fingerprint density at radius 3 is 2.48 bits per heavy atom. The molecular weight excluding hydrogens is 360 g/mol. The van der Waals surface area contributed by atoms with Gasteiger partial charge in [-0.3, -0.25) is 4.79 Å². The number of nitrogens with one attached hydrogen (secondary N) is 1. The van der Waals surface area contributed by atoms with Crippen molar-refractivity contribution in [3.05, 3.63) is 59.5 Å². The molecular formula is C21H22N2O3S. The zero-order valence-corrected chi connectivity index (χ0v) is 16.6. The molecule has 0 aliphatic carbocycles. The molecule has 5 nitrogen and oxygen atoms in total. The molecule has 0 saturated heterocycles. The van der Waals surface area contributed by atoms with Crippen molar-refractivity contribution in [1.29, 1.82) is 0 Å². The second-order valence-electron chi connectivity index (χ2n) is 6.55. The van der Waals surface area contributed by atoms with Crippen LogP contribution in [-0.4, -0.2) is 25.1 Å². The quantitative estimate of drug-likeness (QED) is 0.669. The summed E-state index contributed by atoms with van der Waals surface area (Å²) < 4.78 is 10.7. The number of methoxy groups -OCH3 is 2. The monoisotopic (exact) mass is 382 g/mol. The number of rotatable bonds is 6. The maximum atomic E-state index is 12.8. The van der Waals surface area contributed by atoms with Crippen LogP contribution in [0.5, 0.6) is 11.5 Å². The highest BCUT2D eigenvalue weighted by Gasteiger charge is 2.30. The summed E-state index contributed by atoms with van der Waals surface area (Å²) in [6.07, 6.45) is 0.